The lowest BCUT2D eigenvalue weighted by Crippen LogP contribution is -2.00. The number of thiazole rings is 1. The van der Waals surface area contributed by atoms with E-state index in [9.17, 15) is 0 Å². The molecule has 13 heavy (non-hydrogen) atoms. The Kier molecular flexibility index (Phi) is 2.09. The molecule has 0 unspecified atom stereocenters. The van der Waals surface area contributed by atoms with E-state index in [1.807, 2.05) is 12.3 Å². The van der Waals surface area contributed by atoms with E-state index < -0.39 is 0 Å². The van der Waals surface area contributed by atoms with Gasteiger partial charge in [0, 0.05) is 11.6 Å². The number of aromatic nitrogens is 3. The molecule has 0 radical (unpaired) electrons. The van der Waals surface area contributed by atoms with Crippen LogP contribution in [0.5, 0.6) is 0 Å². The van der Waals surface area contributed by atoms with E-state index in [1.54, 1.807) is 10.9 Å². The molecule has 6 heteroatoms. The summed E-state index contributed by atoms with van der Waals surface area (Å²) in [5.74, 6) is 0.590. The van der Waals surface area contributed by atoms with Gasteiger partial charge < -0.3 is 5.73 Å². The first kappa shape index (κ1) is 8.71. The molecule has 0 bridgehead atoms. The average molecular weight is 259 g/mol. The van der Waals surface area contributed by atoms with Gasteiger partial charge >= 0.3 is 0 Å². The van der Waals surface area contributed by atoms with Crippen LogP contribution in [-0.4, -0.2) is 14.8 Å². The van der Waals surface area contributed by atoms with Gasteiger partial charge in [0.15, 0.2) is 0 Å². The molecule has 2 N–H and O–H groups in total. The van der Waals surface area contributed by atoms with E-state index >= 15 is 0 Å². The summed E-state index contributed by atoms with van der Waals surface area (Å²) in [6.45, 7) is 1.89. The number of hydrogen-bond donors (Lipinski definition) is 1. The summed E-state index contributed by atoms with van der Waals surface area (Å²) in [6, 6.07) is 0. The molecule has 0 fully saturated rings. The van der Waals surface area contributed by atoms with E-state index in [-0.39, 0.29) is 0 Å². The zero-order chi connectivity index (χ0) is 9.42. The second kappa shape index (κ2) is 3.12. The minimum Gasteiger partial charge on any atom is -0.383 e. The molecule has 0 spiro atoms. The lowest BCUT2D eigenvalue weighted by Gasteiger charge is -1.96. The monoisotopic (exact) mass is 258 g/mol. The maximum atomic E-state index is 5.81. The lowest BCUT2D eigenvalue weighted by molar-refractivity contribution is 0.862. The van der Waals surface area contributed by atoms with Crippen molar-refractivity contribution in [1.29, 1.82) is 0 Å². The molecular weight excluding hydrogens is 252 g/mol. The summed E-state index contributed by atoms with van der Waals surface area (Å²) >= 11 is 4.85. The van der Waals surface area contributed by atoms with Gasteiger partial charge in [-0.05, 0) is 22.9 Å². The smallest absolute Gasteiger partial charge is 0.212 e. The van der Waals surface area contributed by atoms with Crippen LogP contribution in [0.3, 0.4) is 0 Å². The predicted molar refractivity (Wildman–Crippen MR) is 56.1 cm³/mol. The first-order chi connectivity index (χ1) is 6.20. The van der Waals surface area contributed by atoms with Gasteiger partial charge in [-0.15, -0.1) is 11.3 Å². The first-order valence-corrected chi connectivity index (χ1v) is 5.28. The fourth-order valence-corrected chi connectivity index (χ4v) is 1.84. The Morgan fingerprint density at radius 1 is 1.62 bits per heavy atom. The molecule has 0 aliphatic heterocycles. The molecule has 2 heterocycles. The molecule has 0 atom stereocenters. The topological polar surface area (TPSA) is 56.7 Å². The number of hydrogen-bond acceptors (Lipinski definition) is 4. The zero-order valence-electron chi connectivity index (χ0n) is 6.86. The third-order valence-corrected chi connectivity index (χ3v) is 3.35. The van der Waals surface area contributed by atoms with Crippen molar-refractivity contribution in [3.63, 3.8) is 0 Å². The molecule has 2 aromatic rings. The van der Waals surface area contributed by atoms with E-state index in [4.69, 9.17) is 5.73 Å². The maximum Gasteiger partial charge on any atom is 0.212 e. The summed E-state index contributed by atoms with van der Waals surface area (Å²) in [6.07, 6.45) is 1.73. The summed E-state index contributed by atoms with van der Waals surface area (Å²) in [4.78, 5) is 4.12. The third-order valence-electron chi connectivity index (χ3n) is 1.62. The summed E-state index contributed by atoms with van der Waals surface area (Å²) < 4.78 is 2.46. The number of anilines is 1. The van der Waals surface area contributed by atoms with Gasteiger partial charge in [0.2, 0.25) is 5.13 Å². The van der Waals surface area contributed by atoms with Gasteiger partial charge in [0.25, 0.3) is 0 Å². The van der Waals surface area contributed by atoms with Crippen LogP contribution in [0.15, 0.2) is 16.0 Å². The van der Waals surface area contributed by atoms with Gasteiger partial charge in [0.05, 0.1) is 10.2 Å². The highest BCUT2D eigenvalue weighted by Crippen LogP contribution is 2.26. The van der Waals surface area contributed by atoms with Crippen LogP contribution in [0.2, 0.25) is 0 Å². The molecule has 0 saturated heterocycles. The van der Waals surface area contributed by atoms with Crippen molar-refractivity contribution in [1.82, 2.24) is 14.8 Å². The highest BCUT2D eigenvalue weighted by Gasteiger charge is 2.11. The van der Waals surface area contributed by atoms with Gasteiger partial charge in [-0.3, -0.25) is 0 Å². The van der Waals surface area contributed by atoms with Crippen molar-refractivity contribution >= 4 is 33.1 Å². The summed E-state index contributed by atoms with van der Waals surface area (Å²) in [5.41, 5.74) is 6.68. The Morgan fingerprint density at radius 2 is 2.38 bits per heavy atom. The number of rotatable bonds is 1. The number of halogens is 1. The van der Waals surface area contributed by atoms with E-state index in [1.165, 1.54) is 11.3 Å². The predicted octanol–water partition coefficient (Wildman–Crippen LogP) is 1.98. The van der Waals surface area contributed by atoms with Crippen molar-refractivity contribution in [2.45, 2.75) is 6.92 Å². The maximum absolute atomic E-state index is 5.81. The normalized spacial score (nSPS) is 10.6. The molecular formula is C7H7BrN4S. The quantitative estimate of drug-likeness (QED) is 0.851. The van der Waals surface area contributed by atoms with Crippen LogP contribution in [0.4, 0.5) is 5.82 Å². The molecule has 2 rings (SSSR count). The highest BCUT2D eigenvalue weighted by atomic mass is 79.9. The van der Waals surface area contributed by atoms with E-state index in [0.29, 0.717) is 5.82 Å². The zero-order valence-corrected chi connectivity index (χ0v) is 9.26. The van der Waals surface area contributed by atoms with Crippen molar-refractivity contribution in [2.75, 3.05) is 5.73 Å². The number of nitrogens with zero attached hydrogens (tertiary/aromatic N) is 3. The van der Waals surface area contributed by atoms with Crippen LogP contribution in [0.1, 0.15) is 5.69 Å². The Hall–Kier alpha value is -0.880. The van der Waals surface area contributed by atoms with Crippen LogP contribution in [-0.2, 0) is 0 Å². The van der Waals surface area contributed by atoms with Crippen LogP contribution in [0, 0.1) is 6.92 Å². The Bertz CT molecular complexity index is 420. The largest absolute Gasteiger partial charge is 0.383 e. The fourth-order valence-electron chi connectivity index (χ4n) is 0.992. The molecule has 2 aromatic heterocycles. The van der Waals surface area contributed by atoms with Gasteiger partial charge in [-0.2, -0.15) is 9.78 Å². The van der Waals surface area contributed by atoms with Crippen molar-refractivity contribution in [3.8, 4) is 5.13 Å². The van der Waals surface area contributed by atoms with E-state index in [0.717, 1.165) is 15.3 Å². The molecule has 0 aromatic carbocycles. The highest BCUT2D eigenvalue weighted by molar-refractivity contribution is 9.10. The SMILES string of the molecule is Cc1nn(-c2nccs2)c(N)c1Br. The van der Waals surface area contributed by atoms with Gasteiger partial charge in [0.1, 0.15) is 5.82 Å². The number of nitrogen functional groups attached to an aromatic ring is 1. The minimum atomic E-state index is 0.590. The van der Waals surface area contributed by atoms with E-state index in [2.05, 4.69) is 26.0 Å². The van der Waals surface area contributed by atoms with Crippen LogP contribution < -0.4 is 5.73 Å². The van der Waals surface area contributed by atoms with Gasteiger partial charge in [-0.1, -0.05) is 0 Å². The molecule has 0 aliphatic carbocycles. The average Bonchev–Trinajstić information content (AvgIpc) is 2.70. The third kappa shape index (κ3) is 1.36. The molecule has 0 saturated carbocycles. The second-order valence-corrected chi connectivity index (χ2v) is 4.18. The lowest BCUT2D eigenvalue weighted by atomic mass is 10.5. The molecule has 0 aliphatic rings. The first-order valence-electron chi connectivity index (χ1n) is 3.60. The molecule has 4 nitrogen and oxygen atoms in total. The number of aryl methyl sites for hydroxylation is 1. The van der Waals surface area contributed by atoms with Crippen molar-refractivity contribution < 1.29 is 0 Å². The minimum absolute atomic E-state index is 0.590. The van der Waals surface area contributed by atoms with Crippen molar-refractivity contribution in [2.24, 2.45) is 0 Å². The molecule has 68 valence electrons. The Balaban J connectivity index is 2.59. The van der Waals surface area contributed by atoms with Crippen LogP contribution in [0.25, 0.3) is 5.13 Å². The van der Waals surface area contributed by atoms with Crippen molar-refractivity contribution in [3.05, 3.63) is 21.7 Å². The fraction of sp³-hybridized carbons (Fsp3) is 0.143. The summed E-state index contributed by atoms with van der Waals surface area (Å²) in [7, 11) is 0. The Morgan fingerprint density at radius 3 is 2.85 bits per heavy atom. The summed E-state index contributed by atoms with van der Waals surface area (Å²) in [5, 5.41) is 6.92. The molecule has 0 amide bonds. The second-order valence-electron chi connectivity index (χ2n) is 2.51. The van der Waals surface area contributed by atoms with Gasteiger partial charge in [-0.25, -0.2) is 4.98 Å². The number of nitrogens with two attached hydrogens (primary N) is 1. The Labute approximate surface area is 87.5 Å². The van der Waals surface area contributed by atoms with Crippen LogP contribution >= 0.6 is 27.3 Å². The standard InChI is InChI=1S/C7H7BrN4S/c1-4-5(8)6(9)12(11-4)7-10-2-3-13-7/h2-3H,9H2,1H3.